The molecule has 0 spiro atoms. The first-order chi connectivity index (χ1) is 36.2. The molecule has 0 radical (unpaired) electrons. The Morgan fingerprint density at radius 1 is 0.274 bits per heavy atom. The second-order valence-corrected chi connectivity index (χ2v) is 18.6. The highest BCUT2D eigenvalue weighted by molar-refractivity contribution is 5.95. The Hall–Kier alpha value is -9.38. The van der Waals surface area contributed by atoms with Crippen molar-refractivity contribution in [1.29, 1.82) is 0 Å². The lowest BCUT2D eigenvalue weighted by Crippen LogP contribution is -2.24. The zero-order valence-electron chi connectivity index (χ0n) is 40.5. The van der Waals surface area contributed by atoms with Gasteiger partial charge < -0.3 is 9.80 Å². The zero-order chi connectivity index (χ0) is 48.8. The van der Waals surface area contributed by atoms with E-state index in [1.54, 1.807) is 0 Å². The topological polar surface area (TPSA) is 32.3 Å². The van der Waals surface area contributed by atoms with Crippen LogP contribution in [-0.2, 0) is 12.8 Å². The summed E-state index contributed by atoms with van der Waals surface area (Å²) < 4.78 is 0. The molecule has 0 aliphatic carbocycles. The fraction of sp³-hybridized carbons (Fsp3) is 0.0435. The Morgan fingerprint density at radius 2 is 0.712 bits per heavy atom. The van der Waals surface area contributed by atoms with E-state index >= 15 is 0 Å². The lowest BCUT2D eigenvalue weighted by atomic mass is 9.85. The standard InChI is InChI=1S/C69H52N4/c1-3-15-52(16-4-1)53-31-33-55(34-32-53)67-48-57(69-24-12-14-42-71-69)37-40-66(67)65-22-10-9-21-64(65)59-46-51(26-25-50-27-29-56(30-28-50)68-23-11-13-41-70-68)45-58(47-59)63-20-8-7-19-62(63)54-35-38-61(39-36-54)73-44-43-72(49-73)60-17-5-2-6-18-60/h1-24,27-48H,25-26,49H2. The lowest BCUT2D eigenvalue weighted by molar-refractivity contribution is 0.961. The van der Waals surface area contributed by atoms with Gasteiger partial charge in [-0.2, -0.15) is 0 Å². The van der Waals surface area contributed by atoms with Crippen molar-refractivity contribution >= 4 is 11.4 Å². The van der Waals surface area contributed by atoms with E-state index in [1.165, 1.54) is 72.4 Å². The Morgan fingerprint density at radius 3 is 1.34 bits per heavy atom. The van der Waals surface area contributed by atoms with Crippen LogP contribution in [0.1, 0.15) is 11.1 Å². The Labute approximate surface area is 428 Å². The van der Waals surface area contributed by atoms with Crippen molar-refractivity contribution in [2.45, 2.75) is 12.8 Å². The fourth-order valence-corrected chi connectivity index (χ4v) is 10.2. The Balaban J connectivity index is 0.935. The molecule has 4 nitrogen and oxygen atoms in total. The molecule has 0 unspecified atom stereocenters. The first-order valence-electron chi connectivity index (χ1n) is 25.1. The predicted molar refractivity (Wildman–Crippen MR) is 305 cm³/mol. The van der Waals surface area contributed by atoms with Crippen LogP contribution in [0, 0.1) is 0 Å². The Kier molecular flexibility index (Phi) is 12.6. The number of aromatic nitrogens is 2. The number of rotatable bonds is 13. The van der Waals surface area contributed by atoms with Gasteiger partial charge in [-0.25, -0.2) is 0 Å². The molecule has 3 heterocycles. The van der Waals surface area contributed by atoms with Crippen LogP contribution in [0.2, 0.25) is 0 Å². The highest BCUT2D eigenvalue weighted by atomic mass is 15.3. The van der Waals surface area contributed by atoms with Crippen LogP contribution in [0.15, 0.2) is 280 Å². The van der Waals surface area contributed by atoms with Gasteiger partial charge >= 0.3 is 0 Å². The summed E-state index contributed by atoms with van der Waals surface area (Å²) in [5.74, 6) is 0. The minimum Gasteiger partial charge on any atom is -0.328 e. The molecule has 2 aromatic heterocycles. The van der Waals surface area contributed by atoms with Gasteiger partial charge in [0.2, 0.25) is 0 Å². The molecule has 0 N–H and O–H groups in total. The van der Waals surface area contributed by atoms with Crippen molar-refractivity contribution in [2.24, 2.45) is 0 Å². The van der Waals surface area contributed by atoms with E-state index in [0.29, 0.717) is 0 Å². The zero-order valence-corrected chi connectivity index (χ0v) is 40.5. The molecule has 12 rings (SSSR count). The van der Waals surface area contributed by atoms with Gasteiger partial charge in [0.25, 0.3) is 0 Å². The van der Waals surface area contributed by atoms with E-state index in [2.05, 4.69) is 264 Å². The maximum atomic E-state index is 4.77. The fourth-order valence-electron chi connectivity index (χ4n) is 10.2. The summed E-state index contributed by atoms with van der Waals surface area (Å²) in [7, 11) is 0. The second kappa shape index (κ2) is 20.5. The van der Waals surface area contributed by atoms with Gasteiger partial charge in [0, 0.05) is 47.3 Å². The molecule has 9 aromatic carbocycles. The van der Waals surface area contributed by atoms with Crippen molar-refractivity contribution in [3.63, 3.8) is 0 Å². The molecule has 0 bridgehead atoms. The number of hydrogen-bond acceptors (Lipinski definition) is 4. The second-order valence-electron chi connectivity index (χ2n) is 18.6. The SMILES string of the molecule is C1=CN(c2ccc(-c3ccccc3-c3cc(CCc4ccc(-c5ccccn5)cc4)cc(-c4ccccc4-c4ccc(-c5ccccn5)cc4-c4ccc(-c5ccccc5)cc4)c3)cc2)CN1c1ccccc1. The molecular weight excluding hydrogens is 885 g/mol. The highest BCUT2D eigenvalue weighted by Gasteiger charge is 2.19. The predicted octanol–water partition coefficient (Wildman–Crippen LogP) is 17.4. The number of nitrogens with zero attached hydrogens (tertiary/aromatic N) is 4. The molecule has 0 amide bonds. The molecule has 1 aliphatic heterocycles. The summed E-state index contributed by atoms with van der Waals surface area (Å²) in [5, 5.41) is 0. The number of hydrogen-bond donors (Lipinski definition) is 0. The summed E-state index contributed by atoms with van der Waals surface area (Å²) in [5.41, 5.74) is 23.2. The van der Waals surface area contributed by atoms with Crippen LogP contribution in [0.4, 0.5) is 11.4 Å². The van der Waals surface area contributed by atoms with Crippen molar-refractivity contribution < 1.29 is 0 Å². The van der Waals surface area contributed by atoms with Gasteiger partial charge in [0.05, 0.1) is 18.1 Å². The maximum Gasteiger partial charge on any atom is 0.0989 e. The molecule has 0 atom stereocenters. The smallest absolute Gasteiger partial charge is 0.0989 e. The normalized spacial score (nSPS) is 12.1. The molecule has 11 aromatic rings. The highest BCUT2D eigenvalue weighted by Crippen LogP contribution is 2.43. The van der Waals surface area contributed by atoms with E-state index in [1.807, 2.05) is 30.6 Å². The lowest BCUT2D eigenvalue weighted by Gasteiger charge is -2.22. The van der Waals surface area contributed by atoms with Gasteiger partial charge in [0.15, 0.2) is 0 Å². The first kappa shape index (κ1) is 44.8. The number of aryl methyl sites for hydroxylation is 2. The van der Waals surface area contributed by atoms with E-state index in [-0.39, 0.29) is 0 Å². The van der Waals surface area contributed by atoms with Crippen LogP contribution in [0.3, 0.4) is 0 Å². The van der Waals surface area contributed by atoms with Gasteiger partial charge in [-0.15, -0.1) is 0 Å². The third-order valence-corrected chi connectivity index (χ3v) is 14.0. The van der Waals surface area contributed by atoms with Gasteiger partial charge in [-0.3, -0.25) is 9.97 Å². The van der Waals surface area contributed by atoms with Crippen molar-refractivity contribution in [3.05, 3.63) is 291 Å². The minimum atomic E-state index is 0.766. The monoisotopic (exact) mass is 936 g/mol. The molecule has 0 saturated carbocycles. The van der Waals surface area contributed by atoms with Gasteiger partial charge in [-0.05, 0) is 151 Å². The molecule has 348 valence electrons. The molecule has 73 heavy (non-hydrogen) atoms. The van der Waals surface area contributed by atoms with Crippen LogP contribution < -0.4 is 9.80 Å². The molecule has 1 aliphatic rings. The largest absolute Gasteiger partial charge is 0.328 e. The minimum absolute atomic E-state index is 0.766. The van der Waals surface area contributed by atoms with E-state index in [9.17, 15) is 0 Å². The van der Waals surface area contributed by atoms with Gasteiger partial charge in [-0.1, -0.05) is 194 Å². The van der Waals surface area contributed by atoms with Crippen LogP contribution in [0.25, 0.3) is 89.3 Å². The van der Waals surface area contributed by atoms with Crippen LogP contribution in [0.5, 0.6) is 0 Å². The Bertz CT molecular complexity index is 3670. The van der Waals surface area contributed by atoms with E-state index in [4.69, 9.17) is 4.98 Å². The van der Waals surface area contributed by atoms with Gasteiger partial charge in [0.1, 0.15) is 0 Å². The summed E-state index contributed by atoms with van der Waals surface area (Å²) in [6, 6.07) is 92.1. The van der Waals surface area contributed by atoms with Crippen molar-refractivity contribution in [2.75, 3.05) is 16.5 Å². The van der Waals surface area contributed by atoms with Crippen molar-refractivity contribution in [1.82, 2.24) is 9.97 Å². The summed E-state index contributed by atoms with van der Waals surface area (Å²) in [6.45, 7) is 0.766. The van der Waals surface area contributed by atoms with E-state index < -0.39 is 0 Å². The van der Waals surface area contributed by atoms with Crippen LogP contribution >= 0.6 is 0 Å². The van der Waals surface area contributed by atoms with Crippen LogP contribution in [-0.4, -0.2) is 16.6 Å². The molecule has 0 fully saturated rings. The van der Waals surface area contributed by atoms with Crippen molar-refractivity contribution in [3.8, 4) is 89.3 Å². The summed E-state index contributed by atoms with van der Waals surface area (Å²) >= 11 is 0. The molecular formula is C69H52N4. The number of benzene rings is 9. The number of pyridine rings is 2. The number of para-hydroxylation sites is 1. The molecule has 0 saturated heterocycles. The average Bonchev–Trinajstić information content (AvgIpc) is 3.98. The van der Waals surface area contributed by atoms with E-state index in [0.717, 1.165) is 58.8 Å². The maximum absolute atomic E-state index is 4.77. The quantitative estimate of drug-likeness (QED) is 0.115. The average molecular weight is 937 g/mol. The number of anilines is 2. The summed E-state index contributed by atoms with van der Waals surface area (Å²) in [4.78, 5) is 13.9. The third kappa shape index (κ3) is 9.75. The first-order valence-corrected chi connectivity index (χ1v) is 25.1. The molecule has 4 heteroatoms. The third-order valence-electron chi connectivity index (χ3n) is 14.0. The summed E-state index contributed by atoms with van der Waals surface area (Å²) in [6.07, 6.45) is 9.82.